The van der Waals surface area contributed by atoms with Crippen molar-refractivity contribution in [3.8, 4) is 0 Å². The second kappa shape index (κ2) is 11.3. The van der Waals surface area contributed by atoms with Crippen LogP contribution < -0.4 is 0 Å². The van der Waals surface area contributed by atoms with Gasteiger partial charge >= 0.3 is 5.97 Å². The number of likely N-dealkylation sites (tertiary alicyclic amines) is 1. The molecule has 0 aromatic heterocycles. The fourth-order valence-corrected chi connectivity index (χ4v) is 11.5. The SMILES string of the molecule is C=CC[N+]1(C2C[C@H]3[C@@H]4CCC5CC(O)C(N6CCOCC6)C[C@]5(C)[C@@H]4CC[C@]3(C)C2OC(=O)CC)CCCCC1. The minimum absolute atomic E-state index is 0.0157. The van der Waals surface area contributed by atoms with Gasteiger partial charge in [-0.2, -0.15) is 0 Å². The molecule has 4 aliphatic carbocycles. The number of hydrogen-bond acceptors (Lipinski definition) is 5. The molecular weight excluding hydrogens is 500 g/mol. The standard InChI is InChI=1S/C34H57N2O4/c1-5-16-36(17-8-7-9-18-36)29-22-27-25-11-10-24-21-30(37)28(35-14-19-39-20-15-35)23-34(24,4)26(25)12-13-33(27,3)32(29)40-31(38)6-2/h5,24-30,32,37H,1,6-23H2,2-4H3/q+1/t24?,25-,26-,27+,28?,29?,30?,32?,33+,34+/m1/s1. The van der Waals surface area contributed by atoms with Crippen molar-refractivity contribution in [2.24, 2.45) is 34.5 Å². The highest BCUT2D eigenvalue weighted by Gasteiger charge is 2.67. The van der Waals surface area contributed by atoms with Crippen LogP contribution in [0.5, 0.6) is 0 Å². The number of ether oxygens (including phenoxy) is 2. The van der Waals surface area contributed by atoms with E-state index < -0.39 is 0 Å². The summed E-state index contributed by atoms with van der Waals surface area (Å²) in [7, 11) is 0. The van der Waals surface area contributed by atoms with Gasteiger partial charge in [0.25, 0.3) is 0 Å². The van der Waals surface area contributed by atoms with E-state index in [1.54, 1.807) is 0 Å². The Morgan fingerprint density at radius 2 is 1.82 bits per heavy atom. The van der Waals surface area contributed by atoms with Gasteiger partial charge < -0.3 is 19.1 Å². The van der Waals surface area contributed by atoms with Crippen LogP contribution >= 0.6 is 0 Å². The molecule has 0 radical (unpaired) electrons. The van der Waals surface area contributed by atoms with Crippen LogP contribution in [0.4, 0.5) is 0 Å². The van der Waals surface area contributed by atoms with Crippen LogP contribution in [0.25, 0.3) is 0 Å². The molecule has 6 rings (SSSR count). The zero-order chi connectivity index (χ0) is 28.1. The smallest absolute Gasteiger partial charge is 0.306 e. The molecule has 6 fully saturated rings. The average Bonchev–Trinajstić information content (AvgIpc) is 3.26. The zero-order valence-corrected chi connectivity index (χ0v) is 25.7. The summed E-state index contributed by atoms with van der Waals surface area (Å²) in [5, 5.41) is 11.3. The third-order valence-electron chi connectivity index (χ3n) is 13.6. The lowest BCUT2D eigenvalue weighted by Gasteiger charge is -2.62. The molecule has 2 heterocycles. The molecule has 5 unspecified atom stereocenters. The lowest BCUT2D eigenvalue weighted by atomic mass is 9.44. The molecule has 2 saturated heterocycles. The summed E-state index contributed by atoms with van der Waals surface area (Å²) in [5.74, 6) is 2.62. The number of aliphatic hydroxyl groups excluding tert-OH is 1. The molecule has 10 atom stereocenters. The number of carbonyl (C=O) groups excluding carboxylic acids is 1. The largest absolute Gasteiger partial charge is 0.455 e. The second-order valence-electron chi connectivity index (χ2n) is 15.2. The number of piperidine rings is 1. The molecule has 1 N–H and O–H groups in total. The van der Waals surface area contributed by atoms with Crippen molar-refractivity contribution >= 4 is 5.97 Å². The van der Waals surface area contributed by atoms with Crippen molar-refractivity contribution in [3.05, 3.63) is 12.7 Å². The first-order chi connectivity index (χ1) is 19.3. The van der Waals surface area contributed by atoms with Crippen molar-refractivity contribution in [2.75, 3.05) is 45.9 Å². The Kier molecular flexibility index (Phi) is 8.22. The molecule has 0 bridgehead atoms. The number of carbonyl (C=O) groups is 1. The first kappa shape index (κ1) is 29.1. The first-order valence-electron chi connectivity index (χ1n) is 16.9. The Morgan fingerprint density at radius 3 is 2.52 bits per heavy atom. The molecular formula is C34H57N2O4+. The van der Waals surface area contributed by atoms with Gasteiger partial charge in [-0.15, -0.1) is 0 Å². The van der Waals surface area contributed by atoms with Gasteiger partial charge in [-0.05, 0) is 93.0 Å². The van der Waals surface area contributed by atoms with E-state index in [0.29, 0.717) is 36.1 Å². The Morgan fingerprint density at radius 1 is 1.07 bits per heavy atom. The fraction of sp³-hybridized carbons (Fsp3) is 0.912. The van der Waals surface area contributed by atoms with Gasteiger partial charge in [0, 0.05) is 37.4 Å². The molecule has 6 nitrogen and oxygen atoms in total. The molecule has 0 amide bonds. The van der Waals surface area contributed by atoms with Crippen molar-refractivity contribution in [3.63, 3.8) is 0 Å². The van der Waals surface area contributed by atoms with E-state index in [-0.39, 0.29) is 35.0 Å². The van der Waals surface area contributed by atoms with Crippen LogP contribution in [0, 0.1) is 34.5 Å². The van der Waals surface area contributed by atoms with E-state index in [2.05, 4.69) is 31.4 Å². The minimum Gasteiger partial charge on any atom is -0.455 e. The van der Waals surface area contributed by atoms with Gasteiger partial charge in [0.1, 0.15) is 6.04 Å². The summed E-state index contributed by atoms with van der Waals surface area (Å²) in [4.78, 5) is 15.5. The topological polar surface area (TPSA) is 59.0 Å². The predicted octanol–water partition coefficient (Wildman–Crippen LogP) is 5.19. The number of nitrogens with zero attached hydrogens (tertiary/aromatic N) is 2. The fourth-order valence-electron chi connectivity index (χ4n) is 11.5. The predicted molar refractivity (Wildman–Crippen MR) is 158 cm³/mol. The third kappa shape index (κ3) is 4.72. The Balaban J connectivity index is 1.31. The van der Waals surface area contributed by atoms with E-state index in [9.17, 15) is 9.90 Å². The number of hydrogen-bond donors (Lipinski definition) is 1. The highest BCUT2D eigenvalue weighted by molar-refractivity contribution is 5.69. The number of fused-ring (bicyclic) bond motifs is 5. The molecule has 6 heteroatoms. The van der Waals surface area contributed by atoms with E-state index >= 15 is 0 Å². The van der Waals surface area contributed by atoms with E-state index in [4.69, 9.17) is 9.47 Å². The molecule has 226 valence electrons. The van der Waals surface area contributed by atoms with E-state index in [0.717, 1.165) is 56.6 Å². The molecule has 4 saturated carbocycles. The van der Waals surface area contributed by atoms with Gasteiger partial charge in [-0.25, -0.2) is 0 Å². The van der Waals surface area contributed by atoms with Gasteiger partial charge in [0.15, 0.2) is 6.10 Å². The monoisotopic (exact) mass is 557 g/mol. The van der Waals surface area contributed by atoms with Crippen LogP contribution in [0.15, 0.2) is 12.7 Å². The lowest BCUT2D eigenvalue weighted by molar-refractivity contribution is -0.952. The Bertz CT molecular complexity index is 929. The van der Waals surface area contributed by atoms with E-state index in [1.807, 2.05) is 6.92 Å². The maximum atomic E-state index is 12.9. The maximum Gasteiger partial charge on any atom is 0.306 e. The van der Waals surface area contributed by atoms with Crippen molar-refractivity contribution in [1.29, 1.82) is 0 Å². The summed E-state index contributed by atoms with van der Waals surface area (Å²) in [6, 6.07) is 0.656. The normalized spacial score (nSPS) is 47.0. The lowest BCUT2D eigenvalue weighted by Crippen LogP contribution is -2.63. The maximum absolute atomic E-state index is 12.9. The summed E-state index contributed by atoms with van der Waals surface area (Å²) in [6.07, 6.45) is 14.5. The van der Waals surface area contributed by atoms with Gasteiger partial charge in [0.2, 0.25) is 0 Å². The Hall–Kier alpha value is -0.950. The van der Waals surface area contributed by atoms with Crippen LogP contribution in [0.2, 0.25) is 0 Å². The highest BCUT2D eigenvalue weighted by Crippen LogP contribution is 2.67. The molecule has 2 aliphatic heterocycles. The minimum atomic E-state index is -0.211. The van der Waals surface area contributed by atoms with Crippen LogP contribution in [-0.4, -0.2) is 90.7 Å². The third-order valence-corrected chi connectivity index (χ3v) is 13.6. The average molecular weight is 558 g/mol. The number of esters is 1. The van der Waals surface area contributed by atoms with Crippen LogP contribution in [0.3, 0.4) is 0 Å². The molecule has 0 aromatic rings. The summed E-state index contributed by atoms with van der Waals surface area (Å²) < 4.78 is 13.3. The number of quaternary nitrogens is 1. The van der Waals surface area contributed by atoms with Gasteiger partial charge in [-0.1, -0.05) is 27.4 Å². The first-order valence-corrected chi connectivity index (χ1v) is 16.9. The number of aliphatic hydroxyl groups is 1. The second-order valence-corrected chi connectivity index (χ2v) is 15.2. The summed E-state index contributed by atoms with van der Waals surface area (Å²) >= 11 is 0. The number of rotatable bonds is 6. The van der Waals surface area contributed by atoms with Gasteiger partial charge in [0.05, 0.1) is 39.0 Å². The summed E-state index contributed by atoms with van der Waals surface area (Å²) in [5.41, 5.74) is 0.333. The molecule has 6 aliphatic rings. The number of morpholine rings is 1. The zero-order valence-electron chi connectivity index (χ0n) is 25.7. The Labute approximate surface area is 243 Å². The van der Waals surface area contributed by atoms with Crippen molar-refractivity contribution < 1.29 is 23.9 Å². The molecule has 0 aromatic carbocycles. The van der Waals surface area contributed by atoms with Crippen LogP contribution in [0.1, 0.15) is 91.4 Å². The highest BCUT2D eigenvalue weighted by atomic mass is 16.5. The quantitative estimate of drug-likeness (QED) is 0.277. The van der Waals surface area contributed by atoms with Crippen LogP contribution in [-0.2, 0) is 14.3 Å². The van der Waals surface area contributed by atoms with Gasteiger partial charge in [-0.3, -0.25) is 9.69 Å². The molecule has 40 heavy (non-hydrogen) atoms. The van der Waals surface area contributed by atoms with Crippen molar-refractivity contribution in [1.82, 2.24) is 4.90 Å². The molecule has 0 spiro atoms. The van der Waals surface area contributed by atoms with E-state index in [1.165, 1.54) is 58.0 Å². The summed E-state index contributed by atoms with van der Waals surface area (Å²) in [6.45, 7) is 18.1. The van der Waals surface area contributed by atoms with Crippen molar-refractivity contribution in [2.45, 2.75) is 116 Å².